The van der Waals surface area contributed by atoms with Crippen molar-refractivity contribution in [2.75, 3.05) is 74.5 Å². The summed E-state index contributed by atoms with van der Waals surface area (Å²) >= 11 is 6.24. The van der Waals surface area contributed by atoms with E-state index in [-0.39, 0.29) is 6.03 Å². The molecule has 2 aliphatic rings. The summed E-state index contributed by atoms with van der Waals surface area (Å²) in [5.74, 6) is 1.89. The predicted molar refractivity (Wildman–Crippen MR) is 121 cm³/mol. The minimum Gasteiger partial charge on any atom is -0.354 e. The van der Waals surface area contributed by atoms with Crippen molar-refractivity contribution in [3.63, 3.8) is 0 Å². The fourth-order valence-electron chi connectivity index (χ4n) is 3.77. The monoisotopic (exact) mass is 429 g/mol. The number of hydrogen-bond acceptors (Lipinski definition) is 6. The molecule has 0 atom stereocenters. The lowest BCUT2D eigenvalue weighted by atomic mass is 10.2. The molecule has 2 aromatic rings. The van der Waals surface area contributed by atoms with E-state index in [2.05, 4.69) is 43.1 Å². The molecule has 2 fully saturated rings. The van der Waals surface area contributed by atoms with Gasteiger partial charge in [0.2, 0.25) is 0 Å². The molecule has 1 aromatic heterocycles. The number of aryl methyl sites for hydroxylation is 1. The number of rotatable bonds is 3. The second-order valence-corrected chi connectivity index (χ2v) is 8.32. The van der Waals surface area contributed by atoms with Crippen molar-refractivity contribution in [1.29, 1.82) is 0 Å². The van der Waals surface area contributed by atoms with Gasteiger partial charge in [0, 0.05) is 58.4 Å². The number of anilines is 3. The summed E-state index contributed by atoms with van der Waals surface area (Å²) in [6.45, 7) is 8.72. The zero-order valence-electron chi connectivity index (χ0n) is 17.5. The molecule has 0 bridgehead atoms. The predicted octanol–water partition coefficient (Wildman–Crippen LogP) is 2.54. The van der Waals surface area contributed by atoms with Crippen LogP contribution in [0.1, 0.15) is 5.56 Å². The molecule has 3 heterocycles. The Labute approximate surface area is 182 Å². The normalized spacial score (nSPS) is 17.9. The average Bonchev–Trinajstić information content (AvgIpc) is 2.76. The van der Waals surface area contributed by atoms with Crippen molar-refractivity contribution in [2.45, 2.75) is 6.92 Å². The molecule has 1 aromatic carbocycles. The van der Waals surface area contributed by atoms with Crippen LogP contribution >= 0.6 is 11.6 Å². The Kier molecular flexibility index (Phi) is 6.24. The highest BCUT2D eigenvalue weighted by molar-refractivity contribution is 6.33. The summed E-state index contributed by atoms with van der Waals surface area (Å²) in [6.07, 6.45) is 1.64. The molecule has 0 saturated carbocycles. The number of hydrogen-bond donors (Lipinski definition) is 1. The Morgan fingerprint density at radius 2 is 1.53 bits per heavy atom. The molecule has 0 radical (unpaired) electrons. The van der Waals surface area contributed by atoms with Gasteiger partial charge in [-0.3, -0.25) is 0 Å². The summed E-state index contributed by atoms with van der Waals surface area (Å²) in [6, 6.07) is 7.56. The van der Waals surface area contributed by atoms with Gasteiger partial charge in [0.05, 0.1) is 10.7 Å². The van der Waals surface area contributed by atoms with Crippen LogP contribution in [0.25, 0.3) is 0 Å². The summed E-state index contributed by atoms with van der Waals surface area (Å²) < 4.78 is 0. The number of halogens is 1. The molecular weight excluding hydrogens is 402 g/mol. The van der Waals surface area contributed by atoms with E-state index in [0.29, 0.717) is 23.8 Å². The maximum Gasteiger partial charge on any atom is 0.322 e. The molecule has 2 amide bonds. The highest BCUT2D eigenvalue weighted by atomic mass is 35.5. The van der Waals surface area contributed by atoms with Gasteiger partial charge in [-0.1, -0.05) is 17.7 Å². The fraction of sp³-hybridized carbons (Fsp3) is 0.476. The van der Waals surface area contributed by atoms with Crippen LogP contribution in [0.4, 0.5) is 22.1 Å². The number of urea groups is 1. The lowest BCUT2D eigenvalue weighted by molar-refractivity contribution is 0.208. The first-order valence-electron chi connectivity index (χ1n) is 10.3. The van der Waals surface area contributed by atoms with Crippen LogP contribution in [0.15, 0.2) is 30.6 Å². The zero-order chi connectivity index (χ0) is 21.1. The van der Waals surface area contributed by atoms with E-state index in [1.807, 2.05) is 30.0 Å². The Balaban J connectivity index is 1.34. The third-order valence-corrected chi connectivity index (χ3v) is 6.04. The second kappa shape index (κ2) is 9.06. The molecule has 0 unspecified atom stereocenters. The van der Waals surface area contributed by atoms with Gasteiger partial charge in [-0.25, -0.2) is 14.8 Å². The molecule has 2 saturated heterocycles. The van der Waals surface area contributed by atoms with E-state index >= 15 is 0 Å². The number of benzene rings is 1. The first kappa shape index (κ1) is 20.7. The maximum atomic E-state index is 12.6. The highest BCUT2D eigenvalue weighted by Crippen LogP contribution is 2.24. The van der Waals surface area contributed by atoms with Gasteiger partial charge in [-0.05, 0) is 31.7 Å². The van der Waals surface area contributed by atoms with E-state index in [1.165, 1.54) is 0 Å². The van der Waals surface area contributed by atoms with E-state index in [4.69, 9.17) is 11.6 Å². The van der Waals surface area contributed by atoms with Crippen LogP contribution in [0, 0.1) is 6.92 Å². The molecule has 2 aliphatic heterocycles. The van der Waals surface area contributed by atoms with Crippen LogP contribution in [0.5, 0.6) is 0 Å². The van der Waals surface area contributed by atoms with Crippen LogP contribution in [0.2, 0.25) is 5.02 Å². The number of likely N-dealkylation sites (N-methyl/N-ethyl adjacent to an activating group) is 1. The number of amides is 2. The van der Waals surface area contributed by atoms with Crippen LogP contribution in [0.3, 0.4) is 0 Å². The Morgan fingerprint density at radius 1 is 0.933 bits per heavy atom. The third kappa shape index (κ3) is 4.76. The van der Waals surface area contributed by atoms with E-state index in [9.17, 15) is 4.79 Å². The Bertz CT molecular complexity index is 893. The van der Waals surface area contributed by atoms with Gasteiger partial charge in [0.25, 0.3) is 0 Å². The molecule has 1 N–H and O–H groups in total. The SMILES string of the molecule is Cc1ccc(NC(=O)N2CCN(c3cc(N4CCN(C)CC4)ncn3)CC2)c(Cl)c1. The summed E-state index contributed by atoms with van der Waals surface area (Å²) in [5.41, 5.74) is 1.70. The van der Waals surface area contributed by atoms with Crippen LogP contribution < -0.4 is 15.1 Å². The lowest BCUT2D eigenvalue weighted by Gasteiger charge is -2.36. The molecule has 8 nitrogen and oxygen atoms in total. The first-order valence-corrected chi connectivity index (χ1v) is 10.7. The van der Waals surface area contributed by atoms with Gasteiger partial charge < -0.3 is 24.9 Å². The Morgan fingerprint density at radius 3 is 2.13 bits per heavy atom. The van der Waals surface area contributed by atoms with E-state index in [0.717, 1.165) is 56.5 Å². The zero-order valence-corrected chi connectivity index (χ0v) is 18.3. The molecule has 0 spiro atoms. The number of nitrogens with one attached hydrogen (secondary N) is 1. The number of carbonyl (C=O) groups is 1. The largest absolute Gasteiger partial charge is 0.354 e. The van der Waals surface area contributed by atoms with Crippen molar-refractivity contribution in [3.8, 4) is 0 Å². The highest BCUT2D eigenvalue weighted by Gasteiger charge is 2.23. The van der Waals surface area contributed by atoms with E-state index in [1.54, 1.807) is 6.33 Å². The molecule has 160 valence electrons. The fourth-order valence-corrected chi connectivity index (χ4v) is 4.06. The van der Waals surface area contributed by atoms with Gasteiger partial charge in [0.15, 0.2) is 0 Å². The van der Waals surface area contributed by atoms with Crippen LogP contribution in [-0.4, -0.2) is 85.2 Å². The topological polar surface area (TPSA) is 67.8 Å². The van der Waals surface area contributed by atoms with Gasteiger partial charge in [0.1, 0.15) is 18.0 Å². The van der Waals surface area contributed by atoms with Crippen molar-refractivity contribution < 1.29 is 4.79 Å². The minimum absolute atomic E-state index is 0.124. The van der Waals surface area contributed by atoms with Gasteiger partial charge in [-0.2, -0.15) is 0 Å². The Hall–Kier alpha value is -2.58. The summed E-state index contributed by atoms with van der Waals surface area (Å²) in [7, 11) is 2.14. The standard InChI is InChI=1S/C21H28ClN7O/c1-16-3-4-18(17(22)13-16)25-21(30)29-11-9-28(10-12-29)20-14-19(23-15-24-20)27-7-5-26(2)6-8-27/h3-4,13-15H,5-12H2,1-2H3,(H,25,30). The van der Waals surface area contributed by atoms with Crippen molar-refractivity contribution in [1.82, 2.24) is 19.8 Å². The van der Waals surface area contributed by atoms with Gasteiger partial charge in [-0.15, -0.1) is 0 Å². The number of nitrogens with zero attached hydrogens (tertiary/aromatic N) is 6. The summed E-state index contributed by atoms with van der Waals surface area (Å²) in [4.78, 5) is 30.2. The van der Waals surface area contributed by atoms with Crippen molar-refractivity contribution in [2.24, 2.45) is 0 Å². The maximum absolute atomic E-state index is 12.6. The summed E-state index contributed by atoms with van der Waals surface area (Å²) in [5, 5.41) is 3.47. The number of aromatic nitrogens is 2. The molecule has 0 aliphatic carbocycles. The van der Waals surface area contributed by atoms with Gasteiger partial charge >= 0.3 is 6.03 Å². The average molecular weight is 430 g/mol. The first-order chi connectivity index (χ1) is 14.5. The molecule has 9 heteroatoms. The molecule has 4 rings (SSSR count). The minimum atomic E-state index is -0.124. The van der Waals surface area contributed by atoms with Crippen molar-refractivity contribution >= 4 is 35.0 Å². The smallest absolute Gasteiger partial charge is 0.322 e. The number of carbonyl (C=O) groups excluding carboxylic acids is 1. The lowest BCUT2D eigenvalue weighted by Crippen LogP contribution is -2.50. The molecule has 30 heavy (non-hydrogen) atoms. The quantitative estimate of drug-likeness (QED) is 0.808. The molecular formula is C21H28ClN7O. The second-order valence-electron chi connectivity index (χ2n) is 7.91. The van der Waals surface area contributed by atoms with Crippen LogP contribution in [-0.2, 0) is 0 Å². The third-order valence-electron chi connectivity index (χ3n) is 5.72. The van der Waals surface area contributed by atoms with E-state index < -0.39 is 0 Å². The van der Waals surface area contributed by atoms with Crippen molar-refractivity contribution in [3.05, 3.63) is 41.2 Å². The number of piperazine rings is 2.